The van der Waals surface area contributed by atoms with Gasteiger partial charge in [-0.15, -0.1) is 0 Å². The summed E-state index contributed by atoms with van der Waals surface area (Å²) < 4.78 is 28.7. The molecule has 0 amide bonds. The Morgan fingerprint density at radius 1 is 1.14 bits per heavy atom. The second kappa shape index (κ2) is 7.11. The molecular formula is C16H17BrF2N2. The first-order valence-corrected chi connectivity index (χ1v) is 7.53. The first-order valence-electron chi connectivity index (χ1n) is 6.74. The van der Waals surface area contributed by atoms with E-state index in [2.05, 4.69) is 21.4 Å². The standard InChI is InChI=1S/C16H17BrF2N2/c1-2-11(10-6-4-3-5-7-10)16(21-20)14-13(18)9-8-12(17)15(14)19/h3-9,11,16,21H,2,20H2,1H3. The number of halogens is 3. The first-order chi connectivity index (χ1) is 10.1. The number of benzene rings is 2. The highest BCUT2D eigenvalue weighted by atomic mass is 79.9. The molecular weight excluding hydrogens is 338 g/mol. The van der Waals surface area contributed by atoms with Gasteiger partial charge >= 0.3 is 0 Å². The van der Waals surface area contributed by atoms with E-state index in [1.165, 1.54) is 12.1 Å². The molecule has 2 atom stereocenters. The molecule has 0 radical (unpaired) electrons. The van der Waals surface area contributed by atoms with Crippen molar-refractivity contribution >= 4 is 15.9 Å². The molecule has 0 fully saturated rings. The molecule has 2 unspecified atom stereocenters. The van der Waals surface area contributed by atoms with Crippen molar-refractivity contribution in [1.29, 1.82) is 0 Å². The minimum Gasteiger partial charge on any atom is -0.271 e. The van der Waals surface area contributed by atoms with Gasteiger partial charge in [0.1, 0.15) is 11.6 Å². The van der Waals surface area contributed by atoms with Crippen LogP contribution in [-0.4, -0.2) is 0 Å². The van der Waals surface area contributed by atoms with Crippen LogP contribution in [0.25, 0.3) is 0 Å². The molecule has 3 N–H and O–H groups in total. The number of rotatable bonds is 5. The molecule has 2 aromatic rings. The minimum absolute atomic E-state index is 0.0393. The van der Waals surface area contributed by atoms with Crippen LogP contribution in [0.2, 0.25) is 0 Å². The third-order valence-corrected chi connectivity index (χ3v) is 4.25. The van der Waals surface area contributed by atoms with Gasteiger partial charge in [0.05, 0.1) is 10.5 Å². The maximum atomic E-state index is 14.3. The molecule has 0 aromatic heterocycles. The van der Waals surface area contributed by atoms with Crippen LogP contribution in [0.5, 0.6) is 0 Å². The van der Waals surface area contributed by atoms with Gasteiger partial charge in [-0.3, -0.25) is 11.3 Å². The summed E-state index contributed by atoms with van der Waals surface area (Å²) in [5.41, 5.74) is 3.52. The van der Waals surface area contributed by atoms with Crippen molar-refractivity contribution in [2.45, 2.75) is 25.3 Å². The smallest absolute Gasteiger partial charge is 0.145 e. The van der Waals surface area contributed by atoms with E-state index in [1.54, 1.807) is 0 Å². The van der Waals surface area contributed by atoms with Crippen LogP contribution in [0.3, 0.4) is 0 Å². The molecule has 0 bridgehead atoms. The van der Waals surface area contributed by atoms with Crippen molar-refractivity contribution in [3.8, 4) is 0 Å². The van der Waals surface area contributed by atoms with Gasteiger partial charge in [-0.2, -0.15) is 0 Å². The average molecular weight is 355 g/mol. The molecule has 112 valence electrons. The fourth-order valence-electron chi connectivity index (χ4n) is 2.59. The lowest BCUT2D eigenvalue weighted by atomic mass is 9.85. The zero-order valence-electron chi connectivity index (χ0n) is 11.6. The predicted molar refractivity (Wildman–Crippen MR) is 83.6 cm³/mol. The predicted octanol–water partition coefficient (Wildman–Crippen LogP) is 4.43. The lowest BCUT2D eigenvalue weighted by Crippen LogP contribution is -2.34. The Bertz CT molecular complexity index is 605. The summed E-state index contributed by atoms with van der Waals surface area (Å²) in [6.07, 6.45) is 0.699. The summed E-state index contributed by atoms with van der Waals surface area (Å²) in [5.74, 6) is 4.26. The highest BCUT2D eigenvalue weighted by molar-refractivity contribution is 9.10. The van der Waals surface area contributed by atoms with Gasteiger partial charge in [-0.1, -0.05) is 37.3 Å². The minimum atomic E-state index is -0.644. The van der Waals surface area contributed by atoms with Crippen LogP contribution < -0.4 is 11.3 Å². The van der Waals surface area contributed by atoms with Gasteiger partial charge in [0.25, 0.3) is 0 Å². The Morgan fingerprint density at radius 2 is 1.81 bits per heavy atom. The number of hydrogen-bond acceptors (Lipinski definition) is 2. The van der Waals surface area contributed by atoms with Crippen LogP contribution in [-0.2, 0) is 0 Å². The Balaban J connectivity index is 2.51. The molecule has 0 heterocycles. The molecule has 0 aliphatic heterocycles. The summed E-state index contributed by atoms with van der Waals surface area (Å²) in [6.45, 7) is 1.97. The van der Waals surface area contributed by atoms with E-state index in [4.69, 9.17) is 5.84 Å². The van der Waals surface area contributed by atoms with Crippen LogP contribution in [0.1, 0.15) is 36.4 Å². The molecule has 21 heavy (non-hydrogen) atoms. The average Bonchev–Trinajstić information content (AvgIpc) is 2.51. The zero-order chi connectivity index (χ0) is 15.4. The lowest BCUT2D eigenvalue weighted by molar-refractivity contribution is 0.406. The topological polar surface area (TPSA) is 38.0 Å². The summed E-state index contributed by atoms with van der Waals surface area (Å²) in [6, 6.07) is 11.5. The number of nitrogens with one attached hydrogen (secondary N) is 1. The molecule has 0 spiro atoms. The van der Waals surface area contributed by atoms with E-state index in [-0.39, 0.29) is 16.0 Å². The van der Waals surface area contributed by atoms with E-state index >= 15 is 0 Å². The molecule has 0 aliphatic rings. The fraction of sp³-hybridized carbons (Fsp3) is 0.250. The van der Waals surface area contributed by atoms with Crippen molar-refractivity contribution in [3.05, 3.63) is 69.7 Å². The maximum absolute atomic E-state index is 14.3. The van der Waals surface area contributed by atoms with Crippen LogP contribution in [0, 0.1) is 11.6 Å². The van der Waals surface area contributed by atoms with E-state index in [0.717, 1.165) is 5.56 Å². The SMILES string of the molecule is CCC(c1ccccc1)C(NN)c1c(F)ccc(Br)c1F. The monoisotopic (exact) mass is 354 g/mol. The van der Waals surface area contributed by atoms with E-state index < -0.39 is 17.7 Å². The molecule has 0 saturated heterocycles. The van der Waals surface area contributed by atoms with Crippen molar-refractivity contribution in [2.24, 2.45) is 5.84 Å². The highest BCUT2D eigenvalue weighted by Crippen LogP contribution is 2.37. The Hall–Kier alpha value is -1.30. The Kier molecular flexibility index (Phi) is 5.45. The third kappa shape index (κ3) is 3.31. The molecule has 0 saturated carbocycles. The van der Waals surface area contributed by atoms with Crippen LogP contribution >= 0.6 is 15.9 Å². The van der Waals surface area contributed by atoms with Gasteiger partial charge in [0, 0.05) is 11.5 Å². The van der Waals surface area contributed by atoms with Crippen molar-refractivity contribution in [1.82, 2.24) is 5.43 Å². The van der Waals surface area contributed by atoms with Crippen molar-refractivity contribution < 1.29 is 8.78 Å². The van der Waals surface area contributed by atoms with Gasteiger partial charge in [0.15, 0.2) is 0 Å². The van der Waals surface area contributed by atoms with Crippen LogP contribution in [0.15, 0.2) is 46.9 Å². The lowest BCUT2D eigenvalue weighted by Gasteiger charge is -2.27. The molecule has 5 heteroatoms. The normalized spacial score (nSPS) is 14.0. The summed E-state index contributed by atoms with van der Waals surface area (Å²) in [4.78, 5) is 0. The van der Waals surface area contributed by atoms with Crippen molar-refractivity contribution in [3.63, 3.8) is 0 Å². The second-order valence-corrected chi connectivity index (χ2v) is 5.68. The number of nitrogens with two attached hydrogens (primary N) is 1. The first kappa shape index (κ1) is 16.1. The highest BCUT2D eigenvalue weighted by Gasteiger charge is 2.28. The summed E-state index contributed by atoms with van der Waals surface area (Å²) in [5, 5.41) is 0. The summed E-state index contributed by atoms with van der Waals surface area (Å²) >= 11 is 3.09. The Labute approximate surface area is 131 Å². The van der Waals surface area contributed by atoms with Gasteiger partial charge < -0.3 is 0 Å². The Morgan fingerprint density at radius 3 is 2.38 bits per heavy atom. The van der Waals surface area contributed by atoms with Gasteiger partial charge in [-0.05, 0) is 40.0 Å². The zero-order valence-corrected chi connectivity index (χ0v) is 13.2. The van der Waals surface area contributed by atoms with Gasteiger partial charge in [-0.25, -0.2) is 8.78 Å². The molecule has 2 rings (SSSR count). The number of hydrogen-bond donors (Lipinski definition) is 2. The fourth-order valence-corrected chi connectivity index (χ4v) is 2.94. The summed E-state index contributed by atoms with van der Waals surface area (Å²) in [7, 11) is 0. The van der Waals surface area contributed by atoms with E-state index in [0.29, 0.717) is 6.42 Å². The number of hydrazine groups is 1. The molecule has 2 aromatic carbocycles. The largest absolute Gasteiger partial charge is 0.271 e. The third-order valence-electron chi connectivity index (χ3n) is 3.64. The second-order valence-electron chi connectivity index (χ2n) is 4.83. The molecule has 0 aliphatic carbocycles. The van der Waals surface area contributed by atoms with Crippen molar-refractivity contribution in [2.75, 3.05) is 0 Å². The van der Waals surface area contributed by atoms with E-state index in [1.807, 2.05) is 37.3 Å². The van der Waals surface area contributed by atoms with E-state index in [9.17, 15) is 8.78 Å². The maximum Gasteiger partial charge on any atom is 0.145 e. The van der Waals surface area contributed by atoms with Crippen LogP contribution in [0.4, 0.5) is 8.78 Å². The quantitative estimate of drug-likeness (QED) is 0.473. The molecule has 2 nitrogen and oxygen atoms in total. The van der Waals surface area contributed by atoms with Gasteiger partial charge in [0.2, 0.25) is 0 Å².